The van der Waals surface area contributed by atoms with Gasteiger partial charge >= 0.3 is 0 Å². The number of aromatic amines is 1. The second-order valence-corrected chi connectivity index (χ2v) is 12.0. The van der Waals surface area contributed by atoms with Crippen LogP contribution >= 0.6 is 11.3 Å². The van der Waals surface area contributed by atoms with Crippen LogP contribution in [0.25, 0.3) is 27.1 Å². The first kappa shape index (κ1) is 22.0. The van der Waals surface area contributed by atoms with E-state index in [0.717, 1.165) is 24.3 Å². The number of carbonyl (C=O) groups excluding carboxylic acids is 1. The number of nitrogens with one attached hydrogen (secondary N) is 1. The molecule has 1 unspecified atom stereocenters. The Morgan fingerprint density at radius 2 is 2.06 bits per heavy atom. The maximum Gasteiger partial charge on any atom is 0.158 e. The van der Waals surface area contributed by atoms with E-state index in [-0.39, 0.29) is 5.78 Å². The first-order valence-electron chi connectivity index (χ1n) is 12.4. The number of Topliss-reactive ketones (excluding diaryl/α,β-unsaturated/α-hetero) is 1. The average molecular weight is 476 g/mol. The Bertz CT molecular complexity index is 1420. The van der Waals surface area contributed by atoms with Crippen molar-refractivity contribution in [2.75, 3.05) is 19.6 Å². The highest BCUT2D eigenvalue weighted by atomic mass is 32.1. The minimum absolute atomic E-state index is 0.280. The third-order valence-electron chi connectivity index (χ3n) is 8.19. The summed E-state index contributed by atoms with van der Waals surface area (Å²) in [6.45, 7) is 13.5. The minimum atomic E-state index is 0.280. The molecule has 0 aromatic carbocycles. The van der Waals surface area contributed by atoms with Crippen molar-refractivity contribution < 1.29 is 4.79 Å². The van der Waals surface area contributed by atoms with E-state index in [4.69, 9.17) is 0 Å². The van der Waals surface area contributed by atoms with Gasteiger partial charge < -0.3 is 4.98 Å². The minimum Gasteiger partial charge on any atom is -0.346 e. The van der Waals surface area contributed by atoms with Gasteiger partial charge in [-0.2, -0.15) is 5.10 Å². The van der Waals surface area contributed by atoms with Gasteiger partial charge in [0.15, 0.2) is 5.65 Å². The van der Waals surface area contributed by atoms with Crippen molar-refractivity contribution in [2.45, 2.75) is 65.7 Å². The summed E-state index contributed by atoms with van der Waals surface area (Å²) >= 11 is 1.97. The van der Waals surface area contributed by atoms with Crippen LogP contribution in [0.2, 0.25) is 0 Å². The number of nitrogens with zero attached hydrogens (tertiary/aromatic N) is 4. The molecule has 0 radical (unpaired) electrons. The van der Waals surface area contributed by atoms with Crippen LogP contribution in [0, 0.1) is 19.3 Å². The number of H-pyrrole nitrogens is 1. The van der Waals surface area contributed by atoms with Crippen LogP contribution in [0.15, 0.2) is 18.6 Å². The van der Waals surface area contributed by atoms with Gasteiger partial charge in [-0.1, -0.05) is 13.8 Å². The number of hydrogen-bond donors (Lipinski definition) is 1. The molecule has 1 aliphatic heterocycles. The molecule has 1 aliphatic carbocycles. The van der Waals surface area contributed by atoms with Crippen molar-refractivity contribution in [1.29, 1.82) is 0 Å². The van der Waals surface area contributed by atoms with Crippen LogP contribution in [-0.2, 0) is 4.79 Å². The van der Waals surface area contributed by atoms with Crippen LogP contribution in [0.4, 0.5) is 0 Å². The van der Waals surface area contributed by atoms with Gasteiger partial charge in [-0.15, -0.1) is 11.3 Å². The Kier molecular flexibility index (Phi) is 5.01. The van der Waals surface area contributed by atoms with E-state index in [1.807, 2.05) is 15.9 Å². The van der Waals surface area contributed by atoms with E-state index >= 15 is 0 Å². The lowest BCUT2D eigenvalue weighted by molar-refractivity contribution is -0.118. The molecule has 6 rings (SSSR count). The molecule has 1 N–H and O–H groups in total. The normalized spacial score (nSPS) is 20.2. The van der Waals surface area contributed by atoms with E-state index in [2.05, 4.69) is 59.9 Å². The van der Waals surface area contributed by atoms with Crippen LogP contribution < -0.4 is 0 Å². The fourth-order valence-electron chi connectivity index (χ4n) is 6.36. The summed E-state index contributed by atoms with van der Waals surface area (Å²) < 4.78 is 1.88. The van der Waals surface area contributed by atoms with Crippen molar-refractivity contribution in [3.05, 3.63) is 40.2 Å². The molecule has 34 heavy (non-hydrogen) atoms. The van der Waals surface area contributed by atoms with Gasteiger partial charge in [-0.25, -0.2) is 9.50 Å². The summed E-state index contributed by atoms with van der Waals surface area (Å²) in [6.07, 6.45) is 7.45. The molecule has 2 fully saturated rings. The van der Waals surface area contributed by atoms with Crippen molar-refractivity contribution in [3.63, 3.8) is 0 Å². The Morgan fingerprint density at radius 1 is 1.29 bits per heavy atom. The first-order valence-corrected chi connectivity index (χ1v) is 13.3. The summed E-state index contributed by atoms with van der Waals surface area (Å²) in [5.74, 6) is 1.37. The van der Waals surface area contributed by atoms with E-state index in [1.165, 1.54) is 51.9 Å². The van der Waals surface area contributed by atoms with Crippen molar-refractivity contribution >= 4 is 33.0 Å². The Hall–Kier alpha value is -2.51. The number of piperidine rings is 1. The smallest absolute Gasteiger partial charge is 0.158 e. The summed E-state index contributed by atoms with van der Waals surface area (Å²) in [6, 6.07) is 2.23. The molecule has 1 atom stereocenters. The molecule has 7 heteroatoms. The Balaban J connectivity index is 1.35. The number of fused-ring (bicyclic) bond motifs is 2. The fourth-order valence-corrected chi connectivity index (χ4v) is 7.83. The summed E-state index contributed by atoms with van der Waals surface area (Å²) in [4.78, 5) is 24.9. The second-order valence-electron chi connectivity index (χ2n) is 10.9. The average Bonchev–Trinajstić information content (AvgIpc) is 3.13. The number of carbonyl (C=O) groups is 1. The summed E-state index contributed by atoms with van der Waals surface area (Å²) in [7, 11) is 0. The molecule has 178 valence electrons. The van der Waals surface area contributed by atoms with Crippen LogP contribution in [-0.4, -0.2) is 49.9 Å². The molecule has 1 spiro atoms. The van der Waals surface area contributed by atoms with Crippen molar-refractivity contribution in [3.8, 4) is 11.3 Å². The molecule has 0 bridgehead atoms. The molecule has 5 heterocycles. The van der Waals surface area contributed by atoms with Crippen molar-refractivity contribution in [2.24, 2.45) is 5.41 Å². The lowest BCUT2D eigenvalue weighted by Gasteiger charge is -2.32. The number of likely N-dealkylation sites (tertiary alicyclic amines) is 1. The number of rotatable bonds is 5. The lowest BCUT2D eigenvalue weighted by atomic mass is 9.89. The van der Waals surface area contributed by atoms with E-state index < -0.39 is 0 Å². The van der Waals surface area contributed by atoms with Gasteiger partial charge in [0.2, 0.25) is 0 Å². The Morgan fingerprint density at radius 3 is 2.76 bits per heavy atom. The highest BCUT2D eigenvalue weighted by Crippen LogP contribution is 2.67. The molecule has 0 amide bonds. The van der Waals surface area contributed by atoms with Gasteiger partial charge in [-0.05, 0) is 93.1 Å². The second kappa shape index (κ2) is 7.75. The number of ketones is 1. The van der Waals surface area contributed by atoms with Crippen LogP contribution in [0.5, 0.6) is 0 Å². The quantitative estimate of drug-likeness (QED) is 0.394. The maximum absolute atomic E-state index is 11.5. The number of thiophene rings is 1. The molecule has 2 aliphatic rings. The fraction of sp³-hybridized carbons (Fsp3) is 0.519. The van der Waals surface area contributed by atoms with Gasteiger partial charge in [0.1, 0.15) is 16.9 Å². The number of pyridine rings is 1. The molecule has 4 aromatic rings. The zero-order valence-corrected chi connectivity index (χ0v) is 21.6. The largest absolute Gasteiger partial charge is 0.346 e. The standard InChI is InChI=1S/C27H33N5OS/c1-15(2)21-22-18(5)24(20-11-27(20)6-8-31(9-7-27)12-17(4)33)34-26(22)30-23(21)19-10-16(3)25-28-14-29-32(25)13-19/h10,13-15,20,30H,6-9,11-12H2,1-5H3. The first-order chi connectivity index (χ1) is 16.3. The van der Waals surface area contributed by atoms with E-state index in [0.29, 0.717) is 23.8 Å². The highest BCUT2D eigenvalue weighted by molar-refractivity contribution is 7.19. The van der Waals surface area contributed by atoms with Gasteiger partial charge in [-0.3, -0.25) is 9.69 Å². The molecule has 1 saturated heterocycles. The number of hydrogen-bond acceptors (Lipinski definition) is 5. The zero-order valence-electron chi connectivity index (χ0n) is 20.7. The van der Waals surface area contributed by atoms with Gasteiger partial charge in [0, 0.05) is 22.0 Å². The monoisotopic (exact) mass is 475 g/mol. The van der Waals surface area contributed by atoms with E-state index in [1.54, 1.807) is 18.1 Å². The predicted octanol–water partition coefficient (Wildman–Crippen LogP) is 5.84. The van der Waals surface area contributed by atoms with Gasteiger partial charge in [0.25, 0.3) is 0 Å². The Labute approximate surface area is 204 Å². The number of aryl methyl sites for hydroxylation is 2. The predicted molar refractivity (Wildman–Crippen MR) is 138 cm³/mol. The molecule has 4 aromatic heterocycles. The number of aromatic nitrogens is 4. The summed E-state index contributed by atoms with van der Waals surface area (Å²) in [5.41, 5.74) is 7.78. The zero-order chi connectivity index (χ0) is 23.8. The molecule has 6 nitrogen and oxygen atoms in total. The van der Waals surface area contributed by atoms with E-state index in [9.17, 15) is 4.79 Å². The SMILES string of the molecule is CC(=O)CN1CCC2(CC1)CC2c1sc2[nH]c(-c3cc(C)c4ncnn4c3)c(C(C)C)c2c1C. The third-order valence-corrected chi connectivity index (χ3v) is 9.51. The van der Waals surface area contributed by atoms with Crippen LogP contribution in [0.3, 0.4) is 0 Å². The van der Waals surface area contributed by atoms with Gasteiger partial charge in [0.05, 0.1) is 12.2 Å². The van der Waals surface area contributed by atoms with Crippen LogP contribution in [0.1, 0.15) is 73.4 Å². The third kappa shape index (κ3) is 3.35. The molecular formula is C27H33N5OS. The van der Waals surface area contributed by atoms with Crippen molar-refractivity contribution in [1.82, 2.24) is 24.5 Å². The topological polar surface area (TPSA) is 66.3 Å². The lowest BCUT2D eigenvalue weighted by Crippen LogP contribution is -2.37. The maximum atomic E-state index is 11.5. The molecular weight excluding hydrogens is 442 g/mol. The molecule has 1 saturated carbocycles. The summed E-state index contributed by atoms with van der Waals surface area (Å²) in [5, 5.41) is 5.81. The highest BCUT2D eigenvalue weighted by Gasteiger charge is 2.56.